The highest BCUT2D eigenvalue weighted by Crippen LogP contribution is 2.22. The summed E-state index contributed by atoms with van der Waals surface area (Å²) >= 11 is 0. The first kappa shape index (κ1) is 20.0. The van der Waals surface area contributed by atoms with Gasteiger partial charge in [-0.25, -0.2) is 0 Å². The third kappa shape index (κ3) is 13.0. The van der Waals surface area contributed by atoms with E-state index in [4.69, 9.17) is 0 Å². The van der Waals surface area contributed by atoms with Gasteiger partial charge in [0, 0.05) is 0 Å². The molecule has 0 heteroatoms. The van der Waals surface area contributed by atoms with Gasteiger partial charge >= 0.3 is 0 Å². The molecule has 0 spiro atoms. The van der Waals surface area contributed by atoms with Gasteiger partial charge in [-0.15, -0.1) is 0 Å². The van der Waals surface area contributed by atoms with Gasteiger partial charge in [-0.3, -0.25) is 0 Å². The molecular weight excluding hydrogens is 240 g/mol. The predicted octanol–water partition coefficient (Wildman–Crippen LogP) is 7.62. The first-order valence-electron chi connectivity index (χ1n) is 9.60. The molecule has 20 heavy (non-hydrogen) atoms. The van der Waals surface area contributed by atoms with Crippen molar-refractivity contribution in [1.82, 2.24) is 0 Å². The molecule has 0 radical (unpaired) electrons. The Kier molecular flexibility index (Phi) is 14.0. The van der Waals surface area contributed by atoms with Crippen LogP contribution in [0.15, 0.2) is 0 Å². The van der Waals surface area contributed by atoms with Gasteiger partial charge < -0.3 is 0 Å². The van der Waals surface area contributed by atoms with E-state index in [0.29, 0.717) is 0 Å². The summed E-state index contributed by atoms with van der Waals surface area (Å²) in [5.74, 6) is 2.86. The minimum absolute atomic E-state index is 0.949. The lowest BCUT2D eigenvalue weighted by Crippen LogP contribution is -2.01. The summed E-state index contributed by atoms with van der Waals surface area (Å²) in [6.45, 7) is 12.0. The lowest BCUT2D eigenvalue weighted by atomic mass is 9.90. The van der Waals surface area contributed by atoms with E-state index in [1.165, 1.54) is 77.0 Å². The summed E-state index contributed by atoms with van der Waals surface area (Å²) < 4.78 is 0. The molecule has 0 aromatic rings. The van der Waals surface area contributed by atoms with E-state index in [9.17, 15) is 0 Å². The van der Waals surface area contributed by atoms with Gasteiger partial charge in [-0.1, -0.05) is 112 Å². The average Bonchev–Trinajstić information content (AvgIpc) is 2.45. The van der Waals surface area contributed by atoms with Crippen molar-refractivity contribution in [2.75, 3.05) is 0 Å². The summed E-state index contributed by atoms with van der Waals surface area (Å²) in [5.41, 5.74) is 0. The summed E-state index contributed by atoms with van der Waals surface area (Å²) in [6.07, 6.45) is 17.2. The molecule has 0 aromatic heterocycles. The van der Waals surface area contributed by atoms with Crippen LogP contribution in [0.5, 0.6) is 0 Å². The minimum Gasteiger partial charge on any atom is -0.0654 e. The number of hydrogen-bond donors (Lipinski definition) is 0. The van der Waals surface area contributed by atoms with Crippen LogP contribution in [-0.2, 0) is 0 Å². The Balaban J connectivity index is 3.42. The van der Waals surface area contributed by atoms with E-state index in [1.807, 2.05) is 0 Å². The third-order valence-electron chi connectivity index (χ3n) is 4.90. The minimum atomic E-state index is 0.949. The molecule has 3 atom stereocenters. The third-order valence-corrected chi connectivity index (χ3v) is 4.90. The molecule has 0 nitrogen and oxygen atoms in total. The van der Waals surface area contributed by atoms with Crippen molar-refractivity contribution >= 4 is 0 Å². The maximum atomic E-state index is 2.47. The van der Waals surface area contributed by atoms with Crippen LogP contribution in [0.4, 0.5) is 0 Å². The Morgan fingerprint density at radius 1 is 0.450 bits per heavy atom. The summed E-state index contributed by atoms with van der Waals surface area (Å²) in [5, 5.41) is 0. The second kappa shape index (κ2) is 14.0. The van der Waals surface area contributed by atoms with Crippen LogP contribution >= 0.6 is 0 Å². The fourth-order valence-corrected chi connectivity index (χ4v) is 3.09. The Labute approximate surface area is 130 Å². The smallest absolute Gasteiger partial charge is 0.0443 e. The van der Waals surface area contributed by atoms with Gasteiger partial charge in [0.25, 0.3) is 0 Å². The van der Waals surface area contributed by atoms with Crippen molar-refractivity contribution in [3.8, 4) is 0 Å². The van der Waals surface area contributed by atoms with Gasteiger partial charge in [0.2, 0.25) is 0 Å². The Morgan fingerprint density at radius 3 is 1.10 bits per heavy atom. The van der Waals surface area contributed by atoms with Crippen LogP contribution in [-0.4, -0.2) is 0 Å². The van der Waals surface area contributed by atoms with Gasteiger partial charge in [0.05, 0.1) is 0 Å². The van der Waals surface area contributed by atoms with E-state index in [-0.39, 0.29) is 0 Å². The fourth-order valence-electron chi connectivity index (χ4n) is 3.09. The van der Waals surface area contributed by atoms with Crippen molar-refractivity contribution in [3.63, 3.8) is 0 Å². The molecule has 0 rings (SSSR count). The van der Waals surface area contributed by atoms with Gasteiger partial charge in [0.15, 0.2) is 0 Å². The quantitative estimate of drug-likeness (QED) is 0.287. The maximum Gasteiger partial charge on any atom is -0.0443 e. The molecule has 0 bridgehead atoms. The van der Waals surface area contributed by atoms with Crippen molar-refractivity contribution in [2.24, 2.45) is 17.8 Å². The van der Waals surface area contributed by atoms with E-state index in [2.05, 4.69) is 34.6 Å². The molecule has 0 aromatic carbocycles. The SMILES string of the molecule is CCCCC(C)CCCCC(C)CCC(C)CCCC. The highest BCUT2D eigenvalue weighted by atomic mass is 14.1. The van der Waals surface area contributed by atoms with Crippen molar-refractivity contribution in [1.29, 1.82) is 0 Å². The van der Waals surface area contributed by atoms with Crippen LogP contribution < -0.4 is 0 Å². The predicted molar refractivity (Wildman–Crippen MR) is 94.2 cm³/mol. The van der Waals surface area contributed by atoms with Crippen LogP contribution in [0.1, 0.15) is 112 Å². The van der Waals surface area contributed by atoms with Gasteiger partial charge in [0.1, 0.15) is 0 Å². The molecule has 0 fully saturated rings. The van der Waals surface area contributed by atoms with E-state index < -0.39 is 0 Å². The first-order valence-corrected chi connectivity index (χ1v) is 9.60. The highest BCUT2D eigenvalue weighted by molar-refractivity contribution is 4.60. The second-order valence-corrected chi connectivity index (χ2v) is 7.46. The van der Waals surface area contributed by atoms with Crippen LogP contribution in [0, 0.1) is 17.8 Å². The molecule has 0 aliphatic rings. The normalized spacial score (nSPS) is 16.1. The van der Waals surface area contributed by atoms with Crippen LogP contribution in [0.25, 0.3) is 0 Å². The maximum absolute atomic E-state index is 2.47. The summed E-state index contributed by atoms with van der Waals surface area (Å²) in [7, 11) is 0. The number of hydrogen-bond acceptors (Lipinski definition) is 0. The molecular formula is C20H42. The lowest BCUT2D eigenvalue weighted by Gasteiger charge is -2.16. The van der Waals surface area contributed by atoms with Crippen molar-refractivity contribution < 1.29 is 0 Å². The topological polar surface area (TPSA) is 0 Å². The van der Waals surface area contributed by atoms with Gasteiger partial charge in [-0.2, -0.15) is 0 Å². The molecule has 0 saturated heterocycles. The molecule has 122 valence electrons. The second-order valence-electron chi connectivity index (χ2n) is 7.46. The van der Waals surface area contributed by atoms with E-state index in [1.54, 1.807) is 0 Å². The van der Waals surface area contributed by atoms with Crippen LogP contribution in [0.2, 0.25) is 0 Å². The Morgan fingerprint density at radius 2 is 0.750 bits per heavy atom. The zero-order valence-corrected chi connectivity index (χ0v) is 15.2. The van der Waals surface area contributed by atoms with Crippen molar-refractivity contribution in [2.45, 2.75) is 112 Å². The lowest BCUT2D eigenvalue weighted by molar-refractivity contribution is 0.372. The van der Waals surface area contributed by atoms with Gasteiger partial charge in [-0.05, 0) is 17.8 Å². The molecule has 0 aliphatic carbocycles. The number of unbranched alkanes of at least 4 members (excludes halogenated alkanes) is 3. The monoisotopic (exact) mass is 282 g/mol. The average molecular weight is 283 g/mol. The largest absolute Gasteiger partial charge is 0.0654 e. The zero-order chi connectivity index (χ0) is 15.2. The fraction of sp³-hybridized carbons (Fsp3) is 1.00. The molecule has 3 unspecified atom stereocenters. The highest BCUT2D eigenvalue weighted by Gasteiger charge is 2.07. The van der Waals surface area contributed by atoms with E-state index >= 15 is 0 Å². The molecule has 0 N–H and O–H groups in total. The zero-order valence-electron chi connectivity index (χ0n) is 15.2. The van der Waals surface area contributed by atoms with Crippen LogP contribution in [0.3, 0.4) is 0 Å². The standard InChI is InChI=1S/C20H42/c1-6-8-12-18(3)14-10-11-15-20(5)17-16-19(4)13-9-7-2/h18-20H,6-17H2,1-5H3. The van der Waals surface area contributed by atoms with E-state index in [0.717, 1.165) is 17.8 Å². The molecule has 0 heterocycles. The molecule has 0 saturated carbocycles. The molecule has 0 aliphatic heterocycles. The van der Waals surface area contributed by atoms with Crippen molar-refractivity contribution in [3.05, 3.63) is 0 Å². The Bertz CT molecular complexity index is 184. The summed E-state index contributed by atoms with van der Waals surface area (Å²) in [4.78, 5) is 0. The summed E-state index contributed by atoms with van der Waals surface area (Å²) in [6, 6.07) is 0. The number of rotatable bonds is 14. The Hall–Kier alpha value is 0. The first-order chi connectivity index (χ1) is 9.60. The molecule has 0 amide bonds.